The van der Waals surface area contributed by atoms with Crippen LogP contribution in [0.1, 0.15) is 20.8 Å². The third-order valence-corrected chi connectivity index (χ3v) is 1.49. The van der Waals surface area contributed by atoms with Gasteiger partial charge in [-0.25, -0.2) is 0 Å². The third kappa shape index (κ3) is 1.48. The summed E-state index contributed by atoms with van der Waals surface area (Å²) in [5.74, 6) is -0.486. The Morgan fingerprint density at radius 1 is 1.30 bits per heavy atom. The van der Waals surface area contributed by atoms with Crippen LogP contribution in [-0.2, 0) is 14.2 Å². The second-order valence-corrected chi connectivity index (χ2v) is 2.94. The van der Waals surface area contributed by atoms with Crippen LogP contribution in [-0.4, -0.2) is 25.3 Å². The number of hydrogen-bond acceptors (Lipinski definition) is 3. The second-order valence-electron chi connectivity index (χ2n) is 2.94. The smallest absolute Gasteiger partial charge is 0.186 e. The first-order valence-corrected chi connectivity index (χ1v) is 3.43. The monoisotopic (exact) mass is 146 g/mol. The molecule has 0 aromatic heterocycles. The van der Waals surface area contributed by atoms with Crippen molar-refractivity contribution < 1.29 is 14.2 Å². The highest BCUT2D eigenvalue weighted by molar-refractivity contribution is 4.71. The Labute approximate surface area is 61.3 Å². The highest BCUT2D eigenvalue weighted by atomic mass is 16.8. The maximum atomic E-state index is 5.40. The molecule has 1 aliphatic heterocycles. The van der Waals surface area contributed by atoms with Gasteiger partial charge in [0.15, 0.2) is 12.1 Å². The molecule has 1 aliphatic rings. The Hall–Kier alpha value is -0.120. The van der Waals surface area contributed by atoms with Gasteiger partial charge in [-0.15, -0.1) is 0 Å². The van der Waals surface area contributed by atoms with E-state index in [2.05, 4.69) is 0 Å². The van der Waals surface area contributed by atoms with Gasteiger partial charge in [-0.2, -0.15) is 0 Å². The van der Waals surface area contributed by atoms with E-state index in [1.807, 2.05) is 20.8 Å². The van der Waals surface area contributed by atoms with E-state index in [1.165, 1.54) is 0 Å². The van der Waals surface area contributed by atoms with E-state index < -0.39 is 5.79 Å². The van der Waals surface area contributed by atoms with Crippen molar-refractivity contribution in [3.8, 4) is 0 Å². The van der Waals surface area contributed by atoms with Gasteiger partial charge in [0.2, 0.25) is 0 Å². The SMILES string of the molecule is COC1OC(C)(C)OC1C. The van der Waals surface area contributed by atoms with Crippen molar-refractivity contribution in [1.29, 1.82) is 0 Å². The Morgan fingerprint density at radius 2 is 1.90 bits per heavy atom. The molecule has 10 heavy (non-hydrogen) atoms. The van der Waals surface area contributed by atoms with Crippen molar-refractivity contribution in [3.05, 3.63) is 0 Å². The predicted octanol–water partition coefficient (Wildman–Crippen LogP) is 1.13. The van der Waals surface area contributed by atoms with Crippen LogP contribution in [0.15, 0.2) is 0 Å². The molecule has 0 aromatic rings. The maximum Gasteiger partial charge on any atom is 0.186 e. The summed E-state index contributed by atoms with van der Waals surface area (Å²) in [6.45, 7) is 5.69. The van der Waals surface area contributed by atoms with Gasteiger partial charge in [0.05, 0.1) is 0 Å². The quantitative estimate of drug-likeness (QED) is 0.555. The van der Waals surface area contributed by atoms with Crippen LogP contribution >= 0.6 is 0 Å². The second kappa shape index (κ2) is 2.49. The van der Waals surface area contributed by atoms with E-state index in [9.17, 15) is 0 Å². The molecule has 0 aromatic carbocycles. The summed E-state index contributed by atoms with van der Waals surface area (Å²) in [4.78, 5) is 0. The highest BCUT2D eigenvalue weighted by Gasteiger charge is 2.38. The van der Waals surface area contributed by atoms with Crippen LogP contribution in [0.3, 0.4) is 0 Å². The first kappa shape index (κ1) is 7.98. The molecule has 0 saturated carbocycles. The number of ether oxygens (including phenoxy) is 3. The first-order valence-electron chi connectivity index (χ1n) is 3.43. The molecular weight excluding hydrogens is 132 g/mol. The maximum absolute atomic E-state index is 5.40. The minimum Gasteiger partial charge on any atom is -0.353 e. The van der Waals surface area contributed by atoms with Crippen LogP contribution in [0.25, 0.3) is 0 Å². The summed E-state index contributed by atoms with van der Waals surface area (Å²) in [7, 11) is 1.62. The predicted molar refractivity (Wildman–Crippen MR) is 36.5 cm³/mol. The fourth-order valence-corrected chi connectivity index (χ4v) is 1.15. The van der Waals surface area contributed by atoms with Gasteiger partial charge in [0, 0.05) is 7.11 Å². The largest absolute Gasteiger partial charge is 0.353 e. The summed E-state index contributed by atoms with van der Waals surface area (Å²) in [6, 6.07) is 0. The highest BCUT2D eigenvalue weighted by Crippen LogP contribution is 2.27. The van der Waals surface area contributed by atoms with E-state index in [-0.39, 0.29) is 12.4 Å². The summed E-state index contributed by atoms with van der Waals surface area (Å²) in [6.07, 6.45) is -0.185. The van der Waals surface area contributed by atoms with Gasteiger partial charge < -0.3 is 14.2 Å². The average molecular weight is 146 g/mol. The van der Waals surface area contributed by atoms with Crippen molar-refractivity contribution in [3.63, 3.8) is 0 Å². The molecule has 1 fully saturated rings. The standard InChI is InChI=1S/C7H14O3/c1-5-6(8-4)10-7(2,3)9-5/h5-6H,1-4H3. The van der Waals surface area contributed by atoms with Crippen molar-refractivity contribution in [2.24, 2.45) is 0 Å². The summed E-state index contributed by atoms with van der Waals surface area (Å²) < 4.78 is 15.8. The zero-order valence-corrected chi connectivity index (χ0v) is 6.88. The Kier molecular flexibility index (Phi) is 1.99. The van der Waals surface area contributed by atoms with Gasteiger partial charge in [0.1, 0.15) is 6.10 Å². The first-order chi connectivity index (χ1) is 4.55. The molecule has 0 bridgehead atoms. The molecule has 2 unspecified atom stereocenters. The van der Waals surface area contributed by atoms with Gasteiger partial charge in [-0.05, 0) is 20.8 Å². The molecule has 3 nitrogen and oxygen atoms in total. The lowest BCUT2D eigenvalue weighted by Crippen LogP contribution is -2.22. The van der Waals surface area contributed by atoms with Gasteiger partial charge in [-0.3, -0.25) is 0 Å². The molecule has 3 heteroatoms. The molecule has 0 aliphatic carbocycles. The van der Waals surface area contributed by atoms with E-state index in [4.69, 9.17) is 14.2 Å². The lowest BCUT2D eigenvalue weighted by molar-refractivity contribution is -0.182. The molecule has 0 N–H and O–H groups in total. The zero-order chi connectivity index (χ0) is 7.78. The minimum absolute atomic E-state index is 0.0278. The zero-order valence-electron chi connectivity index (χ0n) is 6.88. The molecule has 60 valence electrons. The molecule has 1 saturated heterocycles. The van der Waals surface area contributed by atoms with Crippen molar-refractivity contribution >= 4 is 0 Å². The average Bonchev–Trinajstić information content (AvgIpc) is 2.05. The van der Waals surface area contributed by atoms with Crippen LogP contribution < -0.4 is 0 Å². The number of methoxy groups -OCH3 is 1. The van der Waals surface area contributed by atoms with Crippen molar-refractivity contribution in [2.75, 3.05) is 7.11 Å². The van der Waals surface area contributed by atoms with E-state index in [0.717, 1.165) is 0 Å². The van der Waals surface area contributed by atoms with E-state index in [1.54, 1.807) is 7.11 Å². The molecular formula is C7H14O3. The number of rotatable bonds is 1. The molecule has 2 atom stereocenters. The van der Waals surface area contributed by atoms with Crippen molar-refractivity contribution in [1.82, 2.24) is 0 Å². The van der Waals surface area contributed by atoms with E-state index >= 15 is 0 Å². The van der Waals surface area contributed by atoms with Crippen LogP contribution in [0.5, 0.6) is 0 Å². The molecule has 1 rings (SSSR count). The Morgan fingerprint density at radius 3 is 2.10 bits per heavy atom. The molecule has 0 radical (unpaired) electrons. The summed E-state index contributed by atoms with van der Waals surface area (Å²) in [5.41, 5.74) is 0. The molecule has 1 heterocycles. The normalized spacial score (nSPS) is 38.4. The van der Waals surface area contributed by atoms with Gasteiger partial charge in [0.25, 0.3) is 0 Å². The lowest BCUT2D eigenvalue weighted by atomic mass is 10.4. The summed E-state index contributed by atoms with van der Waals surface area (Å²) >= 11 is 0. The van der Waals surface area contributed by atoms with E-state index in [0.29, 0.717) is 0 Å². The topological polar surface area (TPSA) is 27.7 Å². The summed E-state index contributed by atoms with van der Waals surface area (Å²) in [5, 5.41) is 0. The third-order valence-electron chi connectivity index (χ3n) is 1.49. The lowest BCUT2D eigenvalue weighted by Gasteiger charge is -2.15. The Balaban J connectivity index is 2.52. The number of hydrogen-bond donors (Lipinski definition) is 0. The minimum atomic E-state index is -0.486. The van der Waals surface area contributed by atoms with Gasteiger partial charge >= 0.3 is 0 Å². The van der Waals surface area contributed by atoms with Crippen LogP contribution in [0, 0.1) is 0 Å². The van der Waals surface area contributed by atoms with Crippen LogP contribution in [0.4, 0.5) is 0 Å². The fourth-order valence-electron chi connectivity index (χ4n) is 1.15. The van der Waals surface area contributed by atoms with Crippen molar-refractivity contribution in [2.45, 2.75) is 39.0 Å². The fraction of sp³-hybridized carbons (Fsp3) is 1.00. The molecule has 0 spiro atoms. The molecule has 0 amide bonds. The Bertz CT molecular complexity index is 122. The van der Waals surface area contributed by atoms with Gasteiger partial charge in [-0.1, -0.05) is 0 Å². The van der Waals surface area contributed by atoms with Crippen LogP contribution in [0.2, 0.25) is 0 Å².